The van der Waals surface area contributed by atoms with Crippen molar-refractivity contribution in [2.45, 2.75) is 12.7 Å². The highest BCUT2D eigenvalue weighted by atomic mass is 35.5. The summed E-state index contributed by atoms with van der Waals surface area (Å²) in [6.45, 7) is 1.07. The maximum Gasteiger partial charge on any atom is 0.416 e. The molecule has 0 N–H and O–H groups in total. The molecule has 0 fully saturated rings. The molecule has 4 aromatic rings. The van der Waals surface area contributed by atoms with E-state index in [4.69, 9.17) is 4.74 Å². The van der Waals surface area contributed by atoms with Gasteiger partial charge in [-0.25, -0.2) is 4.98 Å². The van der Waals surface area contributed by atoms with Crippen molar-refractivity contribution in [3.63, 3.8) is 0 Å². The summed E-state index contributed by atoms with van der Waals surface area (Å²) in [6.07, 6.45) is -0.618. The van der Waals surface area contributed by atoms with Crippen molar-refractivity contribution in [2.24, 2.45) is 0 Å². The Hall–Kier alpha value is -3.52. The molecule has 0 saturated heterocycles. The average molecular weight is 474 g/mol. The molecule has 5 rings (SSSR count). The predicted molar refractivity (Wildman–Crippen MR) is 120 cm³/mol. The molecule has 9 heteroatoms. The molecule has 3 heterocycles. The number of hydrogen-bond donors (Lipinski definition) is 0. The number of fused-ring (bicyclic) bond motifs is 2. The standard InChI is InChI=1S/C24H18F3N3O2.ClH/c25-24(26,27)18-7-4-16(5-8-18)17-6-9-21-20(13-17)23(31)30(11-12-32-21)15-19-14-29-10-2-1-3-22(29)28-19;/h1-10,13-14H,11-12,15H2;1H. The van der Waals surface area contributed by atoms with Gasteiger partial charge in [0.05, 0.1) is 29.9 Å². The van der Waals surface area contributed by atoms with Crippen LogP contribution in [0.5, 0.6) is 5.75 Å². The molecule has 0 radical (unpaired) electrons. The van der Waals surface area contributed by atoms with Crippen LogP contribution in [0.25, 0.3) is 16.8 Å². The maximum absolute atomic E-state index is 13.3. The number of ether oxygens (including phenoxy) is 1. The molecule has 0 saturated carbocycles. The monoisotopic (exact) mass is 473 g/mol. The van der Waals surface area contributed by atoms with Gasteiger partial charge >= 0.3 is 6.18 Å². The quantitative estimate of drug-likeness (QED) is 0.396. The molecular formula is C24H19ClF3N3O2. The van der Waals surface area contributed by atoms with Gasteiger partial charge < -0.3 is 14.0 Å². The van der Waals surface area contributed by atoms with Crippen molar-refractivity contribution >= 4 is 24.0 Å². The van der Waals surface area contributed by atoms with Crippen LogP contribution in [0.1, 0.15) is 21.6 Å². The normalized spacial score (nSPS) is 13.8. The molecule has 33 heavy (non-hydrogen) atoms. The van der Waals surface area contributed by atoms with Crippen LogP contribution in [-0.4, -0.2) is 33.3 Å². The van der Waals surface area contributed by atoms with E-state index in [0.717, 1.165) is 23.5 Å². The fourth-order valence-electron chi connectivity index (χ4n) is 3.80. The third-order valence-corrected chi connectivity index (χ3v) is 5.43. The van der Waals surface area contributed by atoms with E-state index in [0.29, 0.717) is 42.1 Å². The van der Waals surface area contributed by atoms with E-state index in [1.807, 2.05) is 35.0 Å². The number of halogens is 4. The summed E-state index contributed by atoms with van der Waals surface area (Å²) in [5, 5.41) is 0. The van der Waals surface area contributed by atoms with Crippen LogP contribution in [0.2, 0.25) is 0 Å². The summed E-state index contributed by atoms with van der Waals surface area (Å²) in [5.41, 5.74) is 2.45. The van der Waals surface area contributed by atoms with Gasteiger partial charge in [-0.1, -0.05) is 24.3 Å². The minimum atomic E-state index is -4.39. The van der Waals surface area contributed by atoms with Gasteiger partial charge in [-0.15, -0.1) is 12.4 Å². The van der Waals surface area contributed by atoms with Crippen molar-refractivity contribution < 1.29 is 22.7 Å². The molecule has 2 aromatic carbocycles. The van der Waals surface area contributed by atoms with Crippen LogP contribution in [-0.2, 0) is 12.7 Å². The Kier molecular flexibility index (Phi) is 6.03. The number of pyridine rings is 1. The van der Waals surface area contributed by atoms with Gasteiger partial charge in [0.1, 0.15) is 18.0 Å². The molecule has 1 amide bonds. The summed E-state index contributed by atoms with van der Waals surface area (Å²) in [6, 6.07) is 15.7. The van der Waals surface area contributed by atoms with E-state index < -0.39 is 11.7 Å². The molecule has 0 atom stereocenters. The number of amides is 1. The van der Waals surface area contributed by atoms with E-state index in [1.165, 1.54) is 12.1 Å². The predicted octanol–water partition coefficient (Wildman–Crippen LogP) is 5.48. The Morgan fingerprint density at radius 2 is 1.76 bits per heavy atom. The van der Waals surface area contributed by atoms with Gasteiger partial charge in [-0.2, -0.15) is 13.2 Å². The number of carbonyl (C=O) groups excluding carboxylic acids is 1. The highest BCUT2D eigenvalue weighted by Gasteiger charge is 2.30. The van der Waals surface area contributed by atoms with Gasteiger partial charge in [0.15, 0.2) is 0 Å². The van der Waals surface area contributed by atoms with Gasteiger partial charge in [-0.05, 0) is 47.5 Å². The molecule has 5 nitrogen and oxygen atoms in total. The first-order valence-corrected chi connectivity index (χ1v) is 10.0. The van der Waals surface area contributed by atoms with Crippen LogP contribution in [0.4, 0.5) is 13.2 Å². The fourth-order valence-corrected chi connectivity index (χ4v) is 3.80. The van der Waals surface area contributed by atoms with Crippen LogP contribution >= 0.6 is 12.4 Å². The lowest BCUT2D eigenvalue weighted by Gasteiger charge is -2.18. The maximum atomic E-state index is 13.3. The number of benzene rings is 2. The Bertz CT molecular complexity index is 1270. The van der Waals surface area contributed by atoms with Gasteiger partial charge in [0, 0.05) is 12.4 Å². The lowest BCUT2D eigenvalue weighted by molar-refractivity contribution is -0.137. The SMILES string of the molecule is Cl.O=C1c2cc(-c3ccc(C(F)(F)F)cc3)ccc2OCCN1Cc1cn2ccccc2n1. The Labute approximate surface area is 193 Å². The molecule has 1 aliphatic rings. The molecule has 0 bridgehead atoms. The zero-order valence-corrected chi connectivity index (χ0v) is 18.1. The molecule has 2 aromatic heterocycles. The number of aromatic nitrogens is 2. The van der Waals surface area contributed by atoms with Crippen molar-refractivity contribution in [1.82, 2.24) is 14.3 Å². The Morgan fingerprint density at radius 1 is 1.00 bits per heavy atom. The second-order valence-corrected chi connectivity index (χ2v) is 7.56. The summed E-state index contributed by atoms with van der Waals surface area (Å²) >= 11 is 0. The molecular weight excluding hydrogens is 455 g/mol. The summed E-state index contributed by atoms with van der Waals surface area (Å²) in [4.78, 5) is 19.5. The van der Waals surface area contributed by atoms with Crippen molar-refractivity contribution in [2.75, 3.05) is 13.2 Å². The van der Waals surface area contributed by atoms with Gasteiger partial charge in [0.2, 0.25) is 0 Å². The second-order valence-electron chi connectivity index (χ2n) is 7.56. The first-order valence-electron chi connectivity index (χ1n) is 10.0. The van der Waals surface area contributed by atoms with E-state index in [-0.39, 0.29) is 18.3 Å². The third-order valence-electron chi connectivity index (χ3n) is 5.43. The molecule has 0 aliphatic carbocycles. The van der Waals surface area contributed by atoms with Crippen LogP contribution < -0.4 is 4.74 Å². The Morgan fingerprint density at radius 3 is 2.48 bits per heavy atom. The summed E-state index contributed by atoms with van der Waals surface area (Å²) in [7, 11) is 0. The highest BCUT2D eigenvalue weighted by Crippen LogP contribution is 2.33. The van der Waals surface area contributed by atoms with Crippen molar-refractivity contribution in [3.05, 3.63) is 89.9 Å². The lowest BCUT2D eigenvalue weighted by Crippen LogP contribution is -2.32. The Balaban J connectivity index is 0.00000259. The van der Waals surface area contributed by atoms with Crippen LogP contribution in [0, 0.1) is 0 Å². The first kappa shape index (κ1) is 22.7. The molecule has 1 aliphatic heterocycles. The second kappa shape index (κ2) is 8.78. The first-order chi connectivity index (χ1) is 15.4. The summed E-state index contributed by atoms with van der Waals surface area (Å²) < 4.78 is 46.2. The minimum absolute atomic E-state index is 0. The molecule has 0 spiro atoms. The molecule has 0 unspecified atom stereocenters. The number of hydrogen-bond acceptors (Lipinski definition) is 3. The number of carbonyl (C=O) groups is 1. The van der Waals surface area contributed by atoms with Crippen molar-refractivity contribution in [1.29, 1.82) is 0 Å². The van der Waals surface area contributed by atoms with Crippen molar-refractivity contribution in [3.8, 4) is 16.9 Å². The largest absolute Gasteiger partial charge is 0.491 e. The fraction of sp³-hybridized carbons (Fsp3) is 0.167. The number of imidazole rings is 1. The number of alkyl halides is 3. The average Bonchev–Trinajstić information content (AvgIpc) is 3.13. The van der Waals surface area contributed by atoms with E-state index in [9.17, 15) is 18.0 Å². The number of nitrogens with zero attached hydrogens (tertiary/aromatic N) is 3. The van der Waals surface area contributed by atoms with Crippen LogP contribution in [0.3, 0.4) is 0 Å². The zero-order valence-electron chi connectivity index (χ0n) is 17.2. The number of rotatable bonds is 3. The zero-order chi connectivity index (χ0) is 22.3. The van der Waals surface area contributed by atoms with E-state index in [1.54, 1.807) is 23.1 Å². The molecule has 170 valence electrons. The summed E-state index contributed by atoms with van der Waals surface area (Å²) in [5.74, 6) is 0.256. The van der Waals surface area contributed by atoms with Crippen LogP contribution in [0.15, 0.2) is 73.1 Å². The smallest absolute Gasteiger partial charge is 0.416 e. The van der Waals surface area contributed by atoms with Gasteiger partial charge in [-0.3, -0.25) is 4.79 Å². The van der Waals surface area contributed by atoms with E-state index >= 15 is 0 Å². The van der Waals surface area contributed by atoms with Gasteiger partial charge in [0.25, 0.3) is 5.91 Å². The minimum Gasteiger partial charge on any atom is -0.491 e. The third kappa shape index (κ3) is 4.52. The lowest BCUT2D eigenvalue weighted by atomic mass is 10.0. The topological polar surface area (TPSA) is 46.8 Å². The highest BCUT2D eigenvalue weighted by molar-refractivity contribution is 5.98. The van der Waals surface area contributed by atoms with E-state index in [2.05, 4.69) is 4.98 Å².